The zero-order valence-corrected chi connectivity index (χ0v) is 13.7. The molecule has 0 bridgehead atoms. The third kappa shape index (κ3) is 3.77. The monoisotopic (exact) mass is 367 g/mol. The molecule has 0 spiro atoms. The van der Waals surface area contributed by atoms with Crippen molar-refractivity contribution in [2.24, 2.45) is 0 Å². The zero-order valence-electron chi connectivity index (χ0n) is 11.3. The molecule has 0 heterocycles. The van der Waals surface area contributed by atoms with Crippen molar-refractivity contribution >= 4 is 31.9 Å². The minimum Gasteiger partial charge on any atom is -0.468 e. The predicted octanol–water partition coefficient (Wildman–Crippen LogP) is 2.16. The number of nitrogens with zero attached hydrogens (tertiary/aromatic N) is 1. The molecule has 1 aromatic carbocycles. The maximum absolute atomic E-state index is 13.8. The Labute approximate surface area is 125 Å². The van der Waals surface area contributed by atoms with E-state index in [0.29, 0.717) is 4.47 Å². The van der Waals surface area contributed by atoms with E-state index in [0.717, 1.165) is 23.5 Å². The molecule has 112 valence electrons. The summed E-state index contributed by atoms with van der Waals surface area (Å²) < 4.78 is 44.5. The van der Waals surface area contributed by atoms with Crippen molar-refractivity contribution in [1.82, 2.24) is 4.31 Å². The zero-order chi connectivity index (χ0) is 15.5. The number of carbonyl (C=O) groups excluding carboxylic acids is 1. The Hall–Kier alpha value is -0.990. The summed E-state index contributed by atoms with van der Waals surface area (Å²) in [6.45, 7) is 2.72. The van der Waals surface area contributed by atoms with E-state index in [4.69, 9.17) is 0 Å². The third-order valence-corrected chi connectivity index (χ3v) is 5.12. The lowest BCUT2D eigenvalue weighted by molar-refractivity contribution is -0.141. The average molecular weight is 368 g/mol. The average Bonchev–Trinajstić information content (AvgIpc) is 2.34. The smallest absolute Gasteiger partial charge is 0.321 e. The van der Waals surface area contributed by atoms with E-state index in [1.807, 2.05) is 0 Å². The van der Waals surface area contributed by atoms with Gasteiger partial charge in [-0.15, -0.1) is 0 Å². The van der Waals surface area contributed by atoms with E-state index < -0.39 is 39.3 Å². The van der Waals surface area contributed by atoms with Crippen LogP contribution >= 0.6 is 15.9 Å². The fourth-order valence-electron chi connectivity index (χ4n) is 1.55. The molecule has 1 aromatic rings. The first-order valence-electron chi connectivity index (χ1n) is 5.74. The molecule has 0 fully saturated rings. The number of hydrogen-bond donors (Lipinski definition) is 0. The lowest BCUT2D eigenvalue weighted by Crippen LogP contribution is -2.41. The summed E-state index contributed by atoms with van der Waals surface area (Å²) in [5.41, 5.74) is 0. The molecule has 0 saturated heterocycles. The molecule has 0 aromatic heterocycles. The second-order valence-corrected chi connectivity index (χ2v) is 7.07. The van der Waals surface area contributed by atoms with Crippen LogP contribution in [0.2, 0.25) is 0 Å². The minimum absolute atomic E-state index is 0.429. The van der Waals surface area contributed by atoms with E-state index in [9.17, 15) is 17.6 Å². The Balaban J connectivity index is 3.26. The number of ether oxygens (including phenoxy) is 1. The van der Waals surface area contributed by atoms with Gasteiger partial charge in [-0.25, -0.2) is 12.8 Å². The van der Waals surface area contributed by atoms with Crippen LogP contribution in [0.1, 0.15) is 13.8 Å². The molecule has 0 aliphatic carbocycles. The van der Waals surface area contributed by atoms with Crippen LogP contribution in [0.5, 0.6) is 0 Å². The van der Waals surface area contributed by atoms with Crippen LogP contribution in [0.4, 0.5) is 4.39 Å². The van der Waals surface area contributed by atoms with E-state index in [2.05, 4.69) is 20.7 Å². The Bertz CT molecular complexity index is 603. The Morgan fingerprint density at radius 3 is 2.50 bits per heavy atom. The molecule has 0 amide bonds. The molecular weight excluding hydrogens is 353 g/mol. The highest BCUT2D eigenvalue weighted by Gasteiger charge is 2.31. The summed E-state index contributed by atoms with van der Waals surface area (Å²) in [5, 5.41) is 0. The number of carbonyl (C=O) groups is 1. The molecule has 8 heteroatoms. The van der Waals surface area contributed by atoms with Gasteiger partial charge in [0.2, 0.25) is 10.0 Å². The van der Waals surface area contributed by atoms with Crippen molar-refractivity contribution in [1.29, 1.82) is 0 Å². The quantitative estimate of drug-likeness (QED) is 0.748. The van der Waals surface area contributed by atoms with E-state index in [1.54, 1.807) is 13.8 Å². The summed E-state index contributed by atoms with van der Waals surface area (Å²) in [6, 6.07) is 3.12. The number of methoxy groups -OCH3 is 1. The lowest BCUT2D eigenvalue weighted by atomic mass is 10.3. The van der Waals surface area contributed by atoms with Gasteiger partial charge in [-0.2, -0.15) is 4.31 Å². The highest BCUT2D eigenvalue weighted by molar-refractivity contribution is 9.10. The molecule has 0 atom stereocenters. The number of sulfonamides is 1. The molecule has 0 unspecified atom stereocenters. The molecular formula is C12H15BrFNO4S. The van der Waals surface area contributed by atoms with Crippen LogP contribution in [-0.4, -0.2) is 38.4 Å². The molecule has 0 radical (unpaired) electrons. The molecule has 0 N–H and O–H groups in total. The van der Waals surface area contributed by atoms with Gasteiger partial charge in [0.25, 0.3) is 0 Å². The summed E-state index contributed by atoms with van der Waals surface area (Å²) in [7, 11) is -2.96. The minimum atomic E-state index is -4.12. The first kappa shape index (κ1) is 17.1. The van der Waals surface area contributed by atoms with Gasteiger partial charge in [-0.1, -0.05) is 15.9 Å². The molecule has 0 aliphatic heterocycles. The van der Waals surface area contributed by atoms with Gasteiger partial charge in [-0.05, 0) is 32.0 Å². The number of hydrogen-bond acceptors (Lipinski definition) is 4. The second kappa shape index (κ2) is 6.64. The van der Waals surface area contributed by atoms with Crippen molar-refractivity contribution in [2.45, 2.75) is 24.8 Å². The van der Waals surface area contributed by atoms with E-state index in [-0.39, 0.29) is 0 Å². The van der Waals surface area contributed by atoms with Crippen molar-refractivity contribution in [3.8, 4) is 0 Å². The van der Waals surface area contributed by atoms with Gasteiger partial charge in [0, 0.05) is 10.5 Å². The first-order chi connectivity index (χ1) is 9.20. The Kier molecular flexibility index (Phi) is 5.67. The van der Waals surface area contributed by atoms with Gasteiger partial charge in [0.05, 0.1) is 7.11 Å². The highest BCUT2D eigenvalue weighted by atomic mass is 79.9. The molecule has 20 heavy (non-hydrogen) atoms. The third-order valence-electron chi connectivity index (χ3n) is 2.57. The standard InChI is InChI=1S/C12H15BrFNO4S/c1-8(2)15(7-12(16)19-3)20(17,18)11-5-4-9(13)6-10(11)14/h4-6,8H,7H2,1-3H3. The van der Waals surface area contributed by atoms with Crippen molar-refractivity contribution in [3.05, 3.63) is 28.5 Å². The van der Waals surface area contributed by atoms with Crippen molar-refractivity contribution in [2.75, 3.05) is 13.7 Å². The van der Waals surface area contributed by atoms with Gasteiger partial charge < -0.3 is 4.74 Å². The number of rotatable bonds is 5. The van der Waals surface area contributed by atoms with Crippen LogP contribution in [0.15, 0.2) is 27.6 Å². The fraction of sp³-hybridized carbons (Fsp3) is 0.417. The Morgan fingerprint density at radius 1 is 1.45 bits per heavy atom. The maximum atomic E-state index is 13.8. The SMILES string of the molecule is COC(=O)CN(C(C)C)S(=O)(=O)c1ccc(Br)cc1F. The van der Waals surface area contributed by atoms with E-state index >= 15 is 0 Å². The van der Waals surface area contributed by atoms with Gasteiger partial charge in [0.15, 0.2) is 0 Å². The van der Waals surface area contributed by atoms with Crippen LogP contribution in [-0.2, 0) is 19.6 Å². The first-order valence-corrected chi connectivity index (χ1v) is 7.97. The topological polar surface area (TPSA) is 63.7 Å². The van der Waals surface area contributed by atoms with Gasteiger partial charge in [0.1, 0.15) is 17.3 Å². The molecule has 0 saturated carbocycles. The second-order valence-electron chi connectivity index (χ2n) is 4.29. The van der Waals surface area contributed by atoms with Crippen LogP contribution in [0.25, 0.3) is 0 Å². The van der Waals surface area contributed by atoms with E-state index in [1.165, 1.54) is 6.07 Å². The highest BCUT2D eigenvalue weighted by Crippen LogP contribution is 2.24. The Morgan fingerprint density at radius 2 is 2.05 bits per heavy atom. The van der Waals surface area contributed by atoms with Gasteiger partial charge >= 0.3 is 5.97 Å². The van der Waals surface area contributed by atoms with Crippen LogP contribution in [0, 0.1) is 5.82 Å². The number of esters is 1. The summed E-state index contributed by atoms with van der Waals surface area (Å²) in [6.07, 6.45) is 0. The lowest BCUT2D eigenvalue weighted by Gasteiger charge is -2.24. The molecule has 0 aliphatic rings. The predicted molar refractivity (Wildman–Crippen MR) is 75.1 cm³/mol. The van der Waals surface area contributed by atoms with Gasteiger partial charge in [-0.3, -0.25) is 4.79 Å². The van der Waals surface area contributed by atoms with Crippen molar-refractivity contribution in [3.63, 3.8) is 0 Å². The van der Waals surface area contributed by atoms with Crippen LogP contribution in [0.3, 0.4) is 0 Å². The molecule has 1 rings (SSSR count). The van der Waals surface area contributed by atoms with Crippen LogP contribution < -0.4 is 0 Å². The summed E-state index contributed by atoms with van der Waals surface area (Å²) in [4.78, 5) is 10.8. The normalized spacial score (nSPS) is 11.9. The number of benzene rings is 1. The fourth-order valence-corrected chi connectivity index (χ4v) is 3.51. The van der Waals surface area contributed by atoms with Crippen molar-refractivity contribution < 1.29 is 22.3 Å². The summed E-state index contributed by atoms with van der Waals surface area (Å²) >= 11 is 3.06. The summed E-state index contributed by atoms with van der Waals surface area (Å²) in [5.74, 6) is -1.59. The molecule has 5 nitrogen and oxygen atoms in total. The maximum Gasteiger partial charge on any atom is 0.321 e. The largest absolute Gasteiger partial charge is 0.468 e. The number of halogens is 2.